The molecule has 3 aromatic rings. The summed E-state index contributed by atoms with van der Waals surface area (Å²) in [5.41, 5.74) is 1.96. The Labute approximate surface area is 111 Å². The Morgan fingerprint density at radius 1 is 0.947 bits per heavy atom. The summed E-state index contributed by atoms with van der Waals surface area (Å²) < 4.78 is 0. The Kier molecular flexibility index (Phi) is 3.21. The Morgan fingerprint density at radius 3 is 2.68 bits per heavy atom. The molecule has 3 nitrogen and oxygen atoms in total. The summed E-state index contributed by atoms with van der Waals surface area (Å²) >= 11 is 0. The van der Waals surface area contributed by atoms with Gasteiger partial charge in [-0.3, -0.25) is 9.97 Å². The SMILES string of the molecule is OC(Cc1cccnc1)c1cccc2cnccc12. The number of nitrogens with zero attached hydrogens (tertiary/aromatic N) is 2. The van der Waals surface area contributed by atoms with Crippen molar-refractivity contribution in [1.29, 1.82) is 0 Å². The zero-order valence-electron chi connectivity index (χ0n) is 10.4. The summed E-state index contributed by atoms with van der Waals surface area (Å²) in [6.45, 7) is 0. The fourth-order valence-corrected chi connectivity index (χ4v) is 2.29. The van der Waals surface area contributed by atoms with E-state index in [1.54, 1.807) is 18.6 Å². The van der Waals surface area contributed by atoms with Gasteiger partial charge in [0, 0.05) is 36.6 Å². The van der Waals surface area contributed by atoms with Crippen LogP contribution in [-0.2, 0) is 6.42 Å². The van der Waals surface area contributed by atoms with E-state index in [4.69, 9.17) is 0 Å². The third kappa shape index (κ3) is 2.46. The molecule has 0 radical (unpaired) electrons. The predicted octanol–water partition coefficient (Wildman–Crippen LogP) is 2.91. The number of hydrogen-bond acceptors (Lipinski definition) is 3. The van der Waals surface area contributed by atoms with Gasteiger partial charge in [-0.05, 0) is 28.6 Å². The normalized spacial score (nSPS) is 12.5. The van der Waals surface area contributed by atoms with Gasteiger partial charge in [-0.1, -0.05) is 24.3 Å². The molecule has 1 unspecified atom stereocenters. The summed E-state index contributed by atoms with van der Waals surface area (Å²) in [7, 11) is 0. The van der Waals surface area contributed by atoms with E-state index in [1.165, 1.54) is 0 Å². The zero-order chi connectivity index (χ0) is 13.1. The van der Waals surface area contributed by atoms with Gasteiger partial charge >= 0.3 is 0 Å². The lowest BCUT2D eigenvalue weighted by Crippen LogP contribution is -2.02. The van der Waals surface area contributed by atoms with Crippen molar-refractivity contribution in [3.05, 3.63) is 72.3 Å². The van der Waals surface area contributed by atoms with Crippen molar-refractivity contribution >= 4 is 10.8 Å². The van der Waals surface area contributed by atoms with E-state index in [0.717, 1.165) is 21.9 Å². The molecule has 0 bridgehead atoms. The number of benzene rings is 1. The lowest BCUT2D eigenvalue weighted by Gasteiger charge is -2.13. The van der Waals surface area contributed by atoms with Crippen LogP contribution >= 0.6 is 0 Å². The van der Waals surface area contributed by atoms with Crippen molar-refractivity contribution in [2.45, 2.75) is 12.5 Å². The molecule has 0 saturated carbocycles. The number of rotatable bonds is 3. The zero-order valence-corrected chi connectivity index (χ0v) is 10.4. The fourth-order valence-electron chi connectivity index (χ4n) is 2.29. The summed E-state index contributed by atoms with van der Waals surface area (Å²) in [4.78, 5) is 8.18. The van der Waals surface area contributed by atoms with Crippen molar-refractivity contribution in [2.75, 3.05) is 0 Å². The summed E-state index contributed by atoms with van der Waals surface area (Å²) in [6.07, 6.45) is 7.12. The van der Waals surface area contributed by atoms with Gasteiger partial charge in [0.15, 0.2) is 0 Å². The second kappa shape index (κ2) is 5.16. The highest BCUT2D eigenvalue weighted by molar-refractivity contribution is 5.85. The van der Waals surface area contributed by atoms with Gasteiger partial charge in [0.2, 0.25) is 0 Å². The molecule has 0 aliphatic carbocycles. The standard InChI is InChI=1S/C16H14N2O/c19-16(9-12-3-2-7-17-10-12)15-5-1-4-13-11-18-8-6-14(13)15/h1-8,10-11,16,19H,9H2. The Hall–Kier alpha value is -2.26. The first-order valence-corrected chi connectivity index (χ1v) is 6.24. The van der Waals surface area contributed by atoms with Gasteiger partial charge in [-0.2, -0.15) is 0 Å². The number of aliphatic hydroxyl groups excluding tert-OH is 1. The van der Waals surface area contributed by atoms with E-state index < -0.39 is 6.10 Å². The minimum Gasteiger partial charge on any atom is -0.388 e. The van der Waals surface area contributed by atoms with Crippen LogP contribution in [-0.4, -0.2) is 15.1 Å². The molecule has 19 heavy (non-hydrogen) atoms. The molecule has 0 fully saturated rings. The van der Waals surface area contributed by atoms with Crippen LogP contribution < -0.4 is 0 Å². The average molecular weight is 250 g/mol. The Morgan fingerprint density at radius 2 is 1.84 bits per heavy atom. The molecule has 1 atom stereocenters. The minimum absolute atomic E-state index is 0.532. The van der Waals surface area contributed by atoms with E-state index in [9.17, 15) is 5.11 Å². The third-order valence-electron chi connectivity index (χ3n) is 3.23. The van der Waals surface area contributed by atoms with Gasteiger partial charge < -0.3 is 5.11 Å². The maximum absolute atomic E-state index is 10.4. The van der Waals surface area contributed by atoms with Gasteiger partial charge in [0.1, 0.15) is 0 Å². The van der Waals surface area contributed by atoms with Crippen LogP contribution in [0.5, 0.6) is 0 Å². The molecular weight excluding hydrogens is 236 g/mol. The molecule has 1 aromatic carbocycles. The number of pyridine rings is 2. The monoisotopic (exact) mass is 250 g/mol. The first-order chi connectivity index (χ1) is 9.34. The molecule has 3 heteroatoms. The molecular formula is C16H14N2O. The molecule has 94 valence electrons. The molecule has 2 aromatic heterocycles. The van der Waals surface area contributed by atoms with E-state index in [0.29, 0.717) is 6.42 Å². The average Bonchev–Trinajstić information content (AvgIpc) is 2.47. The van der Waals surface area contributed by atoms with Gasteiger partial charge in [0.05, 0.1) is 6.10 Å². The molecule has 0 aliphatic heterocycles. The Balaban J connectivity index is 1.96. The van der Waals surface area contributed by atoms with Crippen molar-refractivity contribution in [2.24, 2.45) is 0 Å². The van der Waals surface area contributed by atoms with Crippen LogP contribution in [0.1, 0.15) is 17.2 Å². The highest BCUT2D eigenvalue weighted by atomic mass is 16.3. The van der Waals surface area contributed by atoms with E-state index >= 15 is 0 Å². The van der Waals surface area contributed by atoms with Crippen molar-refractivity contribution in [1.82, 2.24) is 9.97 Å². The number of aromatic nitrogens is 2. The highest BCUT2D eigenvalue weighted by Crippen LogP contribution is 2.25. The largest absolute Gasteiger partial charge is 0.388 e. The Bertz CT molecular complexity index is 677. The maximum Gasteiger partial charge on any atom is 0.0836 e. The number of aliphatic hydroxyl groups is 1. The molecule has 1 N–H and O–H groups in total. The molecule has 0 saturated heterocycles. The van der Waals surface area contributed by atoms with Crippen molar-refractivity contribution in [3.8, 4) is 0 Å². The number of hydrogen-bond donors (Lipinski definition) is 1. The molecule has 0 amide bonds. The van der Waals surface area contributed by atoms with E-state index in [-0.39, 0.29) is 0 Å². The predicted molar refractivity (Wildman–Crippen MR) is 74.6 cm³/mol. The second-order valence-corrected chi connectivity index (χ2v) is 4.53. The minimum atomic E-state index is -0.532. The first kappa shape index (κ1) is 11.8. The van der Waals surface area contributed by atoms with Gasteiger partial charge in [0.25, 0.3) is 0 Å². The van der Waals surface area contributed by atoms with Crippen LogP contribution in [0.4, 0.5) is 0 Å². The molecule has 2 heterocycles. The van der Waals surface area contributed by atoms with Crippen molar-refractivity contribution < 1.29 is 5.11 Å². The smallest absolute Gasteiger partial charge is 0.0836 e. The van der Waals surface area contributed by atoms with E-state index in [2.05, 4.69) is 9.97 Å². The maximum atomic E-state index is 10.4. The summed E-state index contributed by atoms with van der Waals surface area (Å²) in [6, 6.07) is 11.7. The summed E-state index contributed by atoms with van der Waals surface area (Å²) in [5.74, 6) is 0. The fraction of sp³-hybridized carbons (Fsp3) is 0.125. The first-order valence-electron chi connectivity index (χ1n) is 6.24. The van der Waals surface area contributed by atoms with Crippen LogP contribution in [0.3, 0.4) is 0 Å². The number of fused-ring (bicyclic) bond motifs is 1. The summed E-state index contributed by atoms with van der Waals surface area (Å²) in [5, 5.41) is 12.5. The van der Waals surface area contributed by atoms with Crippen molar-refractivity contribution in [3.63, 3.8) is 0 Å². The molecule has 3 rings (SSSR count). The van der Waals surface area contributed by atoms with Crippen LogP contribution in [0.2, 0.25) is 0 Å². The highest BCUT2D eigenvalue weighted by Gasteiger charge is 2.11. The van der Waals surface area contributed by atoms with Crippen LogP contribution in [0, 0.1) is 0 Å². The quantitative estimate of drug-likeness (QED) is 0.777. The lowest BCUT2D eigenvalue weighted by atomic mass is 9.98. The van der Waals surface area contributed by atoms with E-state index in [1.807, 2.05) is 42.6 Å². The molecule has 0 aliphatic rings. The lowest BCUT2D eigenvalue weighted by molar-refractivity contribution is 0.180. The topological polar surface area (TPSA) is 46.0 Å². The van der Waals surface area contributed by atoms with Crippen LogP contribution in [0.25, 0.3) is 10.8 Å². The van der Waals surface area contributed by atoms with Gasteiger partial charge in [-0.25, -0.2) is 0 Å². The van der Waals surface area contributed by atoms with Gasteiger partial charge in [-0.15, -0.1) is 0 Å². The second-order valence-electron chi connectivity index (χ2n) is 4.53. The third-order valence-corrected chi connectivity index (χ3v) is 3.23. The van der Waals surface area contributed by atoms with Crippen LogP contribution in [0.15, 0.2) is 61.2 Å². The molecule has 0 spiro atoms.